The van der Waals surface area contributed by atoms with Gasteiger partial charge in [0.1, 0.15) is 0 Å². The van der Waals surface area contributed by atoms with Gasteiger partial charge in [-0.15, -0.1) is 11.3 Å². The number of amides is 2. The molecule has 1 aromatic carbocycles. The molecular formula is C16H17N3O3S. The second-order valence-electron chi connectivity index (χ2n) is 5.41. The number of hydrogen-bond donors (Lipinski definition) is 2. The molecule has 3 rings (SSSR count). The van der Waals surface area contributed by atoms with Crippen LogP contribution >= 0.6 is 11.3 Å². The molecule has 0 saturated carbocycles. The number of nitrogens with zero attached hydrogens (tertiary/aromatic N) is 2. The highest BCUT2D eigenvalue weighted by Crippen LogP contribution is 2.24. The maximum Gasteiger partial charge on any atom is 0.315 e. The summed E-state index contributed by atoms with van der Waals surface area (Å²) >= 11 is 1.27. The van der Waals surface area contributed by atoms with Gasteiger partial charge in [-0.3, -0.25) is 14.9 Å². The Morgan fingerprint density at radius 1 is 1.30 bits per heavy atom. The number of piperidine rings is 1. The number of likely N-dealkylation sites (tertiary alicyclic amines) is 1. The van der Waals surface area contributed by atoms with Crippen LogP contribution in [0.15, 0.2) is 35.7 Å². The van der Waals surface area contributed by atoms with Crippen molar-refractivity contribution >= 4 is 28.3 Å². The number of carbonyl (C=O) groups is 2. The van der Waals surface area contributed by atoms with Gasteiger partial charge in [0.25, 0.3) is 0 Å². The topological polar surface area (TPSA) is 82.5 Å². The molecule has 1 aromatic heterocycles. The molecule has 1 aliphatic rings. The van der Waals surface area contributed by atoms with Gasteiger partial charge in [0.05, 0.1) is 11.8 Å². The van der Waals surface area contributed by atoms with E-state index in [0.717, 1.165) is 11.3 Å². The van der Waals surface area contributed by atoms with E-state index < -0.39 is 17.9 Å². The van der Waals surface area contributed by atoms with E-state index >= 15 is 0 Å². The Hall–Kier alpha value is -2.25. The van der Waals surface area contributed by atoms with Crippen LogP contribution in [0, 0.1) is 0 Å². The van der Waals surface area contributed by atoms with Crippen molar-refractivity contribution in [2.24, 2.45) is 0 Å². The van der Waals surface area contributed by atoms with Gasteiger partial charge in [-0.25, -0.2) is 4.98 Å². The zero-order valence-electron chi connectivity index (χ0n) is 12.4. The smallest absolute Gasteiger partial charge is 0.315 e. The molecule has 0 unspecified atom stereocenters. The van der Waals surface area contributed by atoms with Crippen LogP contribution in [0.3, 0.4) is 0 Å². The fourth-order valence-electron chi connectivity index (χ4n) is 2.51. The van der Waals surface area contributed by atoms with Crippen LogP contribution in [-0.2, 0) is 9.59 Å². The number of anilines is 1. The molecule has 7 heteroatoms. The van der Waals surface area contributed by atoms with Crippen molar-refractivity contribution in [1.82, 2.24) is 9.88 Å². The molecule has 6 nitrogen and oxygen atoms in total. The summed E-state index contributed by atoms with van der Waals surface area (Å²) in [5.74, 6) is -1.34. The first-order chi connectivity index (χ1) is 11.1. The minimum absolute atomic E-state index is 0.208. The van der Waals surface area contributed by atoms with E-state index in [1.54, 1.807) is 0 Å². The summed E-state index contributed by atoms with van der Waals surface area (Å²) in [6.45, 7) is 0.704. The number of thiazole rings is 1. The first-order valence-electron chi connectivity index (χ1n) is 7.43. The van der Waals surface area contributed by atoms with E-state index in [4.69, 9.17) is 0 Å². The largest absolute Gasteiger partial charge is 0.391 e. The van der Waals surface area contributed by atoms with Crippen LogP contribution in [0.1, 0.15) is 12.8 Å². The third-order valence-corrected chi connectivity index (χ3v) is 4.43. The standard InChI is InChI=1S/C16H17N3O3S/c20-12-7-4-8-19(9-12)15(22)14(21)18-16-17-13(10-23-16)11-5-2-1-3-6-11/h1-3,5-6,10,12,20H,4,7-9H2,(H,17,18,21)/t12-/m1/s1. The minimum atomic E-state index is -0.715. The Labute approximate surface area is 137 Å². The summed E-state index contributed by atoms with van der Waals surface area (Å²) in [4.78, 5) is 29.9. The highest BCUT2D eigenvalue weighted by Gasteiger charge is 2.27. The van der Waals surface area contributed by atoms with E-state index in [1.807, 2.05) is 35.7 Å². The van der Waals surface area contributed by atoms with Crippen molar-refractivity contribution in [3.05, 3.63) is 35.7 Å². The Bertz CT molecular complexity index is 702. The Kier molecular flexibility index (Phi) is 4.68. The summed E-state index contributed by atoms with van der Waals surface area (Å²) in [6, 6.07) is 9.61. The number of aromatic nitrogens is 1. The average molecular weight is 331 g/mol. The molecule has 1 fully saturated rings. The highest BCUT2D eigenvalue weighted by atomic mass is 32.1. The lowest BCUT2D eigenvalue weighted by atomic mass is 10.1. The number of aliphatic hydroxyl groups excluding tert-OH is 1. The van der Waals surface area contributed by atoms with Crippen LogP contribution in [0.5, 0.6) is 0 Å². The molecule has 1 saturated heterocycles. The first-order valence-corrected chi connectivity index (χ1v) is 8.31. The van der Waals surface area contributed by atoms with Gasteiger partial charge in [0.2, 0.25) is 0 Å². The molecule has 23 heavy (non-hydrogen) atoms. The third-order valence-electron chi connectivity index (χ3n) is 3.67. The zero-order valence-corrected chi connectivity index (χ0v) is 13.3. The predicted molar refractivity (Wildman–Crippen MR) is 88.0 cm³/mol. The van der Waals surface area contributed by atoms with Crippen molar-refractivity contribution in [3.63, 3.8) is 0 Å². The van der Waals surface area contributed by atoms with Crippen LogP contribution in [-0.4, -0.2) is 46.0 Å². The van der Waals surface area contributed by atoms with Gasteiger partial charge in [0.15, 0.2) is 5.13 Å². The van der Waals surface area contributed by atoms with E-state index in [0.29, 0.717) is 24.5 Å². The molecule has 1 aliphatic heterocycles. The van der Waals surface area contributed by atoms with E-state index in [-0.39, 0.29) is 6.54 Å². The second-order valence-corrected chi connectivity index (χ2v) is 6.26. The monoisotopic (exact) mass is 331 g/mol. The predicted octanol–water partition coefficient (Wildman–Crippen LogP) is 1.73. The second kappa shape index (κ2) is 6.89. The Morgan fingerprint density at radius 3 is 2.83 bits per heavy atom. The summed E-state index contributed by atoms with van der Waals surface area (Å²) in [5.41, 5.74) is 1.71. The summed E-state index contributed by atoms with van der Waals surface area (Å²) < 4.78 is 0. The molecule has 2 aromatic rings. The van der Waals surface area contributed by atoms with Gasteiger partial charge in [-0.1, -0.05) is 30.3 Å². The van der Waals surface area contributed by atoms with Crippen LogP contribution in [0.4, 0.5) is 5.13 Å². The number of benzene rings is 1. The Morgan fingerprint density at radius 2 is 2.09 bits per heavy atom. The quantitative estimate of drug-likeness (QED) is 0.821. The molecule has 0 bridgehead atoms. The number of β-amino-alcohol motifs (C(OH)–C–C–N with tert-alkyl or cyclic N) is 1. The first kappa shape index (κ1) is 15.6. The lowest BCUT2D eigenvalue weighted by molar-refractivity contribution is -0.145. The maximum absolute atomic E-state index is 12.1. The molecule has 120 valence electrons. The SMILES string of the molecule is O=C(Nc1nc(-c2ccccc2)cs1)C(=O)N1CCC[C@@H](O)C1. The van der Waals surface area contributed by atoms with Crippen LogP contribution in [0.2, 0.25) is 0 Å². The van der Waals surface area contributed by atoms with Crippen LogP contribution < -0.4 is 5.32 Å². The van der Waals surface area contributed by atoms with Crippen molar-refractivity contribution in [1.29, 1.82) is 0 Å². The van der Waals surface area contributed by atoms with Gasteiger partial charge >= 0.3 is 11.8 Å². The molecule has 2 N–H and O–H groups in total. The molecule has 1 atom stereocenters. The number of carbonyl (C=O) groups excluding carboxylic acids is 2. The van der Waals surface area contributed by atoms with Gasteiger partial charge in [0, 0.05) is 24.0 Å². The average Bonchev–Trinajstić information content (AvgIpc) is 3.03. The summed E-state index contributed by atoms with van der Waals surface area (Å²) in [7, 11) is 0. The van der Waals surface area contributed by atoms with Crippen molar-refractivity contribution in [2.75, 3.05) is 18.4 Å². The lowest BCUT2D eigenvalue weighted by Gasteiger charge is -2.29. The molecule has 0 spiro atoms. The molecular weight excluding hydrogens is 314 g/mol. The minimum Gasteiger partial charge on any atom is -0.391 e. The number of nitrogens with one attached hydrogen (secondary N) is 1. The van der Waals surface area contributed by atoms with Gasteiger partial charge in [-0.05, 0) is 12.8 Å². The van der Waals surface area contributed by atoms with E-state index in [2.05, 4.69) is 10.3 Å². The number of rotatable bonds is 2. The lowest BCUT2D eigenvalue weighted by Crippen LogP contribution is -2.46. The fourth-order valence-corrected chi connectivity index (χ4v) is 3.22. The number of hydrogen-bond acceptors (Lipinski definition) is 5. The van der Waals surface area contributed by atoms with Gasteiger partial charge in [-0.2, -0.15) is 0 Å². The van der Waals surface area contributed by atoms with Crippen molar-refractivity contribution in [2.45, 2.75) is 18.9 Å². The van der Waals surface area contributed by atoms with E-state index in [1.165, 1.54) is 16.2 Å². The molecule has 2 amide bonds. The Balaban J connectivity index is 1.64. The summed E-state index contributed by atoms with van der Waals surface area (Å²) in [6.07, 6.45) is 0.818. The molecule has 0 radical (unpaired) electrons. The van der Waals surface area contributed by atoms with Crippen molar-refractivity contribution < 1.29 is 14.7 Å². The molecule has 0 aliphatic carbocycles. The summed E-state index contributed by atoms with van der Waals surface area (Å²) in [5, 5.41) is 14.4. The van der Waals surface area contributed by atoms with Crippen LogP contribution in [0.25, 0.3) is 11.3 Å². The normalized spacial score (nSPS) is 17.8. The molecule has 2 heterocycles. The highest BCUT2D eigenvalue weighted by molar-refractivity contribution is 7.14. The number of aliphatic hydroxyl groups is 1. The third kappa shape index (κ3) is 3.75. The van der Waals surface area contributed by atoms with Crippen molar-refractivity contribution in [3.8, 4) is 11.3 Å². The fraction of sp³-hybridized carbons (Fsp3) is 0.312. The maximum atomic E-state index is 12.1. The van der Waals surface area contributed by atoms with E-state index in [9.17, 15) is 14.7 Å². The van der Waals surface area contributed by atoms with Gasteiger partial charge < -0.3 is 10.0 Å². The zero-order chi connectivity index (χ0) is 16.2.